The molecule has 3 N–H and O–H groups in total. The Hall–Kier alpha value is -3.50. The summed E-state index contributed by atoms with van der Waals surface area (Å²) in [4.78, 5) is 32.2. The van der Waals surface area contributed by atoms with Gasteiger partial charge in [-0.05, 0) is 36.6 Å². The van der Waals surface area contributed by atoms with Crippen LogP contribution in [0.15, 0.2) is 42.9 Å². The van der Waals surface area contributed by atoms with Crippen LogP contribution in [0.4, 0.5) is 11.8 Å². The number of methoxy groups -OCH3 is 1. The van der Waals surface area contributed by atoms with Crippen molar-refractivity contribution in [3.05, 3.63) is 64.8 Å². The van der Waals surface area contributed by atoms with Gasteiger partial charge >= 0.3 is 0 Å². The van der Waals surface area contributed by atoms with Gasteiger partial charge in [0.2, 0.25) is 5.95 Å². The van der Waals surface area contributed by atoms with Crippen molar-refractivity contribution in [3.63, 3.8) is 0 Å². The molecule has 1 atom stereocenters. The summed E-state index contributed by atoms with van der Waals surface area (Å²) in [7, 11) is 1.58. The van der Waals surface area contributed by atoms with Crippen LogP contribution in [0, 0.1) is 0 Å². The SMILES string of the molecule is COc1ccc(CNc2nc(N3CCC[C@H]3CO)ncc2C(=O)NCc2ncccn2)c(Cl)c1. The van der Waals surface area contributed by atoms with Crippen LogP contribution in [-0.2, 0) is 13.1 Å². The van der Waals surface area contributed by atoms with Crippen LogP contribution in [0.3, 0.4) is 0 Å². The number of rotatable bonds is 9. The lowest BCUT2D eigenvalue weighted by Crippen LogP contribution is -2.34. The quantitative estimate of drug-likeness (QED) is 0.420. The molecule has 4 rings (SSSR count). The van der Waals surface area contributed by atoms with Crippen LogP contribution in [-0.4, -0.2) is 57.3 Å². The number of carbonyl (C=O) groups excluding carboxylic acids is 1. The highest BCUT2D eigenvalue weighted by molar-refractivity contribution is 6.31. The molecule has 3 aromatic rings. The van der Waals surface area contributed by atoms with Gasteiger partial charge in [0.1, 0.15) is 23.0 Å². The van der Waals surface area contributed by atoms with Crippen molar-refractivity contribution >= 4 is 29.3 Å². The molecule has 34 heavy (non-hydrogen) atoms. The van der Waals surface area contributed by atoms with Crippen molar-refractivity contribution in [1.29, 1.82) is 0 Å². The third-order valence-corrected chi connectivity index (χ3v) is 5.95. The van der Waals surface area contributed by atoms with E-state index in [1.54, 1.807) is 31.6 Å². The first-order valence-corrected chi connectivity index (χ1v) is 11.3. The fraction of sp³-hybridized carbons (Fsp3) is 0.348. The lowest BCUT2D eigenvalue weighted by atomic mass is 10.2. The fourth-order valence-corrected chi connectivity index (χ4v) is 3.99. The van der Waals surface area contributed by atoms with Gasteiger partial charge in [-0.1, -0.05) is 17.7 Å². The molecule has 11 heteroatoms. The molecule has 10 nitrogen and oxygen atoms in total. The second-order valence-corrected chi connectivity index (χ2v) is 8.17. The number of benzene rings is 1. The number of hydrogen-bond donors (Lipinski definition) is 3. The van der Waals surface area contributed by atoms with Gasteiger partial charge in [-0.3, -0.25) is 4.79 Å². The van der Waals surface area contributed by atoms with Gasteiger partial charge in [0, 0.05) is 36.7 Å². The zero-order valence-electron chi connectivity index (χ0n) is 18.7. The number of nitrogens with one attached hydrogen (secondary N) is 2. The van der Waals surface area contributed by atoms with Crippen LogP contribution in [0.2, 0.25) is 5.02 Å². The van der Waals surface area contributed by atoms with E-state index in [9.17, 15) is 9.90 Å². The minimum atomic E-state index is -0.359. The predicted octanol–water partition coefficient (Wildman–Crippen LogP) is 2.43. The number of amides is 1. The Morgan fingerprint density at radius 3 is 2.82 bits per heavy atom. The molecule has 2 aromatic heterocycles. The van der Waals surface area contributed by atoms with Crippen LogP contribution >= 0.6 is 11.6 Å². The fourth-order valence-electron chi connectivity index (χ4n) is 3.75. The Labute approximate surface area is 202 Å². The predicted molar refractivity (Wildman–Crippen MR) is 128 cm³/mol. The molecule has 0 unspecified atom stereocenters. The van der Waals surface area contributed by atoms with E-state index in [2.05, 4.69) is 30.6 Å². The molecular formula is C23H26ClN7O3. The largest absolute Gasteiger partial charge is 0.497 e. The number of carbonyl (C=O) groups is 1. The molecular weight excluding hydrogens is 458 g/mol. The highest BCUT2D eigenvalue weighted by Gasteiger charge is 2.27. The molecule has 0 aliphatic carbocycles. The van der Waals surface area contributed by atoms with Crippen molar-refractivity contribution in [2.24, 2.45) is 0 Å². The summed E-state index contributed by atoms with van der Waals surface area (Å²) in [6.45, 7) is 1.27. The Kier molecular flexibility index (Phi) is 7.71. The number of ether oxygens (including phenoxy) is 1. The van der Waals surface area contributed by atoms with Crippen molar-refractivity contribution < 1.29 is 14.6 Å². The first-order valence-electron chi connectivity index (χ1n) is 10.9. The zero-order valence-corrected chi connectivity index (χ0v) is 19.5. The third-order valence-electron chi connectivity index (χ3n) is 5.60. The highest BCUT2D eigenvalue weighted by atomic mass is 35.5. The molecule has 1 aliphatic rings. The van der Waals surface area contributed by atoms with Crippen molar-refractivity contribution in [2.75, 3.05) is 30.5 Å². The number of aliphatic hydroxyl groups is 1. The number of hydrogen-bond acceptors (Lipinski definition) is 9. The Bertz CT molecular complexity index is 1130. The second kappa shape index (κ2) is 11.1. The number of aliphatic hydroxyl groups excluding tert-OH is 1. The smallest absolute Gasteiger partial charge is 0.256 e. The van der Waals surface area contributed by atoms with Gasteiger partial charge < -0.3 is 25.4 Å². The van der Waals surface area contributed by atoms with E-state index in [4.69, 9.17) is 16.3 Å². The van der Waals surface area contributed by atoms with Gasteiger partial charge in [-0.25, -0.2) is 15.0 Å². The monoisotopic (exact) mass is 483 g/mol. The van der Waals surface area contributed by atoms with E-state index in [1.807, 2.05) is 17.0 Å². The Morgan fingerprint density at radius 1 is 1.26 bits per heavy atom. The van der Waals surface area contributed by atoms with Gasteiger partial charge in [0.15, 0.2) is 0 Å². The van der Waals surface area contributed by atoms with Gasteiger partial charge in [0.05, 0.1) is 26.3 Å². The maximum absolute atomic E-state index is 13.0. The maximum atomic E-state index is 13.0. The number of aromatic nitrogens is 4. The van der Waals surface area contributed by atoms with Crippen LogP contribution < -0.4 is 20.3 Å². The van der Waals surface area contributed by atoms with Crippen LogP contribution in [0.25, 0.3) is 0 Å². The summed E-state index contributed by atoms with van der Waals surface area (Å²) in [6, 6.07) is 7.07. The van der Waals surface area contributed by atoms with E-state index >= 15 is 0 Å². The molecule has 1 aliphatic heterocycles. The standard InChI is InChI=1S/C23H26ClN7O3/c1-34-17-6-5-15(19(24)10-17)11-27-21-18(22(33)28-13-20-25-7-3-8-26-20)12-29-23(30-21)31-9-2-4-16(31)14-32/h3,5-8,10,12,16,32H,2,4,9,11,13-14H2,1H3,(H,28,33)(H,27,29,30)/t16-/m0/s1. The Morgan fingerprint density at radius 2 is 2.09 bits per heavy atom. The average Bonchev–Trinajstić information content (AvgIpc) is 3.36. The van der Waals surface area contributed by atoms with Crippen molar-refractivity contribution in [3.8, 4) is 5.75 Å². The summed E-state index contributed by atoms with van der Waals surface area (Å²) in [5, 5.41) is 16.3. The second-order valence-electron chi connectivity index (χ2n) is 7.76. The lowest BCUT2D eigenvalue weighted by Gasteiger charge is -2.24. The van der Waals surface area contributed by atoms with E-state index in [0.29, 0.717) is 34.9 Å². The van der Waals surface area contributed by atoms with E-state index in [-0.39, 0.29) is 30.7 Å². The first-order chi connectivity index (χ1) is 16.6. The van der Waals surface area contributed by atoms with E-state index in [0.717, 1.165) is 24.9 Å². The molecule has 0 saturated carbocycles. The van der Waals surface area contributed by atoms with Crippen LogP contribution in [0.1, 0.15) is 34.6 Å². The molecule has 0 spiro atoms. The first kappa shape index (κ1) is 23.7. The van der Waals surface area contributed by atoms with Crippen molar-refractivity contribution in [1.82, 2.24) is 25.3 Å². The van der Waals surface area contributed by atoms with Crippen LogP contribution in [0.5, 0.6) is 5.75 Å². The normalized spacial score (nSPS) is 15.3. The molecule has 0 bridgehead atoms. The molecule has 1 fully saturated rings. The summed E-state index contributed by atoms with van der Waals surface area (Å²) in [5.74, 6) is 1.62. The number of halogens is 1. The summed E-state index contributed by atoms with van der Waals surface area (Å²) >= 11 is 6.39. The van der Waals surface area contributed by atoms with Gasteiger partial charge in [-0.2, -0.15) is 4.98 Å². The molecule has 3 heterocycles. The average molecular weight is 484 g/mol. The summed E-state index contributed by atoms with van der Waals surface area (Å²) in [6.07, 6.45) is 6.53. The highest BCUT2D eigenvalue weighted by Crippen LogP contribution is 2.26. The van der Waals surface area contributed by atoms with Gasteiger partial charge in [-0.15, -0.1) is 0 Å². The minimum Gasteiger partial charge on any atom is -0.497 e. The molecule has 1 saturated heterocycles. The Balaban J connectivity index is 1.57. The molecule has 1 amide bonds. The maximum Gasteiger partial charge on any atom is 0.256 e. The lowest BCUT2D eigenvalue weighted by molar-refractivity contribution is 0.0950. The molecule has 1 aromatic carbocycles. The number of anilines is 2. The zero-order chi connectivity index (χ0) is 23.9. The third kappa shape index (κ3) is 5.52. The van der Waals surface area contributed by atoms with E-state index in [1.165, 1.54) is 6.20 Å². The van der Waals surface area contributed by atoms with Gasteiger partial charge in [0.25, 0.3) is 5.91 Å². The van der Waals surface area contributed by atoms with E-state index < -0.39 is 0 Å². The topological polar surface area (TPSA) is 125 Å². The number of nitrogens with zero attached hydrogens (tertiary/aromatic N) is 5. The van der Waals surface area contributed by atoms with Crippen molar-refractivity contribution in [2.45, 2.75) is 32.0 Å². The summed E-state index contributed by atoms with van der Waals surface area (Å²) in [5.41, 5.74) is 1.10. The molecule has 0 radical (unpaired) electrons. The minimum absolute atomic E-state index is 0.0207. The molecule has 178 valence electrons. The summed E-state index contributed by atoms with van der Waals surface area (Å²) < 4.78 is 5.21.